The number of carbonyl (C=O) groups excluding carboxylic acids is 1. The number of oxazole rings is 1. The molecule has 3 heterocycles. The van der Waals surface area contributed by atoms with Gasteiger partial charge in [-0.25, -0.2) is 4.98 Å². The molecule has 0 aromatic carbocycles. The molecule has 4 rings (SSSR count). The number of nitrogens with zero attached hydrogens (tertiary/aromatic N) is 4. The largest absolute Gasteiger partial charge is 0.451 e. The maximum atomic E-state index is 12.4. The second-order valence-electron chi connectivity index (χ2n) is 6.15. The van der Waals surface area contributed by atoms with Crippen molar-refractivity contribution in [3.8, 4) is 11.4 Å². The third-order valence-corrected chi connectivity index (χ3v) is 4.55. The minimum atomic E-state index is 0.246. The summed E-state index contributed by atoms with van der Waals surface area (Å²) < 4.78 is 12.3. The van der Waals surface area contributed by atoms with E-state index in [1.807, 2.05) is 9.58 Å². The van der Waals surface area contributed by atoms with Gasteiger partial charge in [-0.1, -0.05) is 0 Å². The topological polar surface area (TPSA) is 73.4 Å². The number of hydrogen-bond donors (Lipinski definition) is 0. The number of rotatable bonds is 5. The van der Waals surface area contributed by atoms with E-state index in [2.05, 4.69) is 4.98 Å². The van der Waals surface area contributed by atoms with Crippen LogP contribution < -0.4 is 0 Å². The maximum absolute atomic E-state index is 12.4. The van der Waals surface area contributed by atoms with Crippen LogP contribution in [0.15, 0.2) is 17.1 Å². The van der Waals surface area contributed by atoms with E-state index in [0.29, 0.717) is 19.7 Å². The van der Waals surface area contributed by atoms with Crippen LogP contribution in [0.1, 0.15) is 24.1 Å². The first kappa shape index (κ1) is 14.4. The Bertz CT molecular complexity index is 703. The maximum Gasteiger partial charge on any atom is 0.225 e. The minimum absolute atomic E-state index is 0.246. The van der Waals surface area contributed by atoms with Crippen molar-refractivity contribution in [2.75, 3.05) is 20.3 Å². The number of ether oxygens (including phenoxy) is 1. The quantitative estimate of drug-likeness (QED) is 0.835. The van der Waals surface area contributed by atoms with Crippen LogP contribution in [0, 0.1) is 5.92 Å². The fraction of sp³-hybridized carbons (Fsp3) is 0.562. The van der Waals surface area contributed by atoms with Gasteiger partial charge in [0, 0.05) is 43.8 Å². The third-order valence-electron chi connectivity index (χ3n) is 4.55. The van der Waals surface area contributed by atoms with E-state index in [4.69, 9.17) is 14.3 Å². The predicted octanol–water partition coefficient (Wildman–Crippen LogP) is 1.48. The molecule has 0 unspecified atom stereocenters. The minimum Gasteiger partial charge on any atom is -0.451 e. The molecule has 7 nitrogen and oxygen atoms in total. The zero-order chi connectivity index (χ0) is 15.8. The monoisotopic (exact) mass is 316 g/mol. The van der Waals surface area contributed by atoms with E-state index in [1.165, 1.54) is 12.1 Å². The average Bonchev–Trinajstić information content (AvgIpc) is 3.16. The third kappa shape index (κ3) is 2.65. The highest BCUT2D eigenvalue weighted by Crippen LogP contribution is 2.34. The number of aromatic nitrogens is 3. The second-order valence-corrected chi connectivity index (χ2v) is 6.15. The van der Waals surface area contributed by atoms with Gasteiger partial charge in [0.1, 0.15) is 17.7 Å². The Labute approximate surface area is 134 Å². The number of fused-ring (bicyclic) bond motifs is 1. The summed E-state index contributed by atoms with van der Waals surface area (Å²) in [6.07, 6.45) is 5.90. The molecule has 0 bridgehead atoms. The standard InChI is InChI=1S/C16H20N4O3/c1-22-7-6-20-14-4-5-19(16(21)11-2-3-11)8-12(14)15(18-20)13-9-23-10-17-13/h9-11H,2-8H2,1H3. The first-order valence-corrected chi connectivity index (χ1v) is 8.02. The molecule has 0 atom stereocenters. The molecule has 0 radical (unpaired) electrons. The molecule has 1 amide bonds. The van der Waals surface area contributed by atoms with Gasteiger partial charge in [0.15, 0.2) is 6.39 Å². The molecule has 0 saturated heterocycles. The lowest BCUT2D eigenvalue weighted by Crippen LogP contribution is -2.37. The first-order valence-electron chi connectivity index (χ1n) is 8.02. The van der Waals surface area contributed by atoms with E-state index in [-0.39, 0.29) is 11.8 Å². The molecular formula is C16H20N4O3. The molecule has 1 aliphatic heterocycles. The van der Waals surface area contributed by atoms with Gasteiger partial charge in [0.2, 0.25) is 5.91 Å². The number of methoxy groups -OCH3 is 1. The van der Waals surface area contributed by atoms with Crippen LogP contribution in [0.2, 0.25) is 0 Å². The number of amides is 1. The predicted molar refractivity (Wildman–Crippen MR) is 81.4 cm³/mol. The van der Waals surface area contributed by atoms with E-state index < -0.39 is 0 Å². The lowest BCUT2D eigenvalue weighted by molar-refractivity contribution is -0.133. The highest BCUT2D eigenvalue weighted by atomic mass is 16.5. The van der Waals surface area contributed by atoms with Crippen molar-refractivity contribution >= 4 is 5.91 Å². The van der Waals surface area contributed by atoms with Crippen LogP contribution in [0.3, 0.4) is 0 Å². The summed E-state index contributed by atoms with van der Waals surface area (Å²) in [6, 6.07) is 0. The highest BCUT2D eigenvalue weighted by Gasteiger charge is 2.36. The van der Waals surface area contributed by atoms with Crippen molar-refractivity contribution in [2.24, 2.45) is 5.92 Å². The van der Waals surface area contributed by atoms with Crippen LogP contribution in [0.5, 0.6) is 0 Å². The molecule has 2 aromatic rings. The summed E-state index contributed by atoms with van der Waals surface area (Å²) in [7, 11) is 1.69. The molecule has 1 aliphatic carbocycles. The number of hydrogen-bond acceptors (Lipinski definition) is 5. The van der Waals surface area contributed by atoms with Gasteiger partial charge >= 0.3 is 0 Å². The SMILES string of the molecule is COCCn1nc(-c2cocn2)c2c1CCN(C(=O)C1CC1)C2. The van der Waals surface area contributed by atoms with Crippen molar-refractivity contribution in [1.82, 2.24) is 19.7 Å². The Morgan fingerprint density at radius 1 is 1.48 bits per heavy atom. The molecular weight excluding hydrogens is 296 g/mol. The Morgan fingerprint density at radius 3 is 3.04 bits per heavy atom. The van der Waals surface area contributed by atoms with Gasteiger partial charge in [-0.05, 0) is 12.8 Å². The lowest BCUT2D eigenvalue weighted by atomic mass is 10.0. The summed E-state index contributed by atoms with van der Waals surface area (Å²) in [4.78, 5) is 18.6. The van der Waals surface area contributed by atoms with Gasteiger partial charge in [-0.15, -0.1) is 0 Å². The van der Waals surface area contributed by atoms with Crippen molar-refractivity contribution in [3.63, 3.8) is 0 Å². The molecule has 0 N–H and O–H groups in total. The second kappa shape index (κ2) is 5.81. The smallest absolute Gasteiger partial charge is 0.225 e. The van der Waals surface area contributed by atoms with Crippen LogP contribution in [-0.4, -0.2) is 45.8 Å². The molecule has 1 fully saturated rings. The summed E-state index contributed by atoms with van der Waals surface area (Å²) in [5.41, 5.74) is 3.81. The molecule has 122 valence electrons. The van der Waals surface area contributed by atoms with Gasteiger partial charge in [0.25, 0.3) is 0 Å². The van der Waals surface area contributed by atoms with Crippen LogP contribution in [-0.2, 0) is 29.0 Å². The average molecular weight is 316 g/mol. The zero-order valence-corrected chi connectivity index (χ0v) is 13.2. The van der Waals surface area contributed by atoms with E-state index in [9.17, 15) is 4.79 Å². The first-order chi connectivity index (χ1) is 11.3. The van der Waals surface area contributed by atoms with Crippen LogP contribution in [0.4, 0.5) is 0 Å². The van der Waals surface area contributed by atoms with Gasteiger partial charge in [-0.2, -0.15) is 5.10 Å². The van der Waals surface area contributed by atoms with Crippen molar-refractivity contribution in [2.45, 2.75) is 32.4 Å². The van der Waals surface area contributed by atoms with Gasteiger partial charge in [-0.3, -0.25) is 9.48 Å². The Hall–Kier alpha value is -2.15. The van der Waals surface area contributed by atoms with Crippen molar-refractivity contribution in [3.05, 3.63) is 23.9 Å². The summed E-state index contributed by atoms with van der Waals surface area (Å²) >= 11 is 0. The number of carbonyl (C=O) groups is 1. The molecule has 2 aliphatic rings. The zero-order valence-electron chi connectivity index (χ0n) is 13.2. The molecule has 23 heavy (non-hydrogen) atoms. The Balaban J connectivity index is 1.67. The molecule has 2 aromatic heterocycles. The van der Waals surface area contributed by atoms with Crippen LogP contribution >= 0.6 is 0 Å². The van der Waals surface area contributed by atoms with E-state index >= 15 is 0 Å². The normalized spacial score (nSPS) is 17.3. The molecule has 7 heteroatoms. The van der Waals surface area contributed by atoms with Crippen LogP contribution in [0.25, 0.3) is 11.4 Å². The van der Waals surface area contributed by atoms with Crippen molar-refractivity contribution < 1.29 is 13.9 Å². The van der Waals surface area contributed by atoms with Crippen molar-refractivity contribution in [1.29, 1.82) is 0 Å². The lowest BCUT2D eigenvalue weighted by Gasteiger charge is -2.28. The summed E-state index contributed by atoms with van der Waals surface area (Å²) in [5, 5.41) is 4.70. The van der Waals surface area contributed by atoms with Gasteiger partial charge in [0.05, 0.1) is 13.2 Å². The fourth-order valence-corrected chi connectivity index (χ4v) is 3.17. The Morgan fingerprint density at radius 2 is 2.35 bits per heavy atom. The van der Waals surface area contributed by atoms with Gasteiger partial charge < -0.3 is 14.1 Å². The van der Waals surface area contributed by atoms with E-state index in [0.717, 1.165) is 42.8 Å². The van der Waals surface area contributed by atoms with E-state index in [1.54, 1.807) is 13.4 Å². The highest BCUT2D eigenvalue weighted by molar-refractivity contribution is 5.81. The molecule has 1 saturated carbocycles. The summed E-state index contributed by atoms with van der Waals surface area (Å²) in [6.45, 7) is 2.68. The summed E-state index contributed by atoms with van der Waals surface area (Å²) in [5.74, 6) is 0.530. The fourth-order valence-electron chi connectivity index (χ4n) is 3.17. The Kier molecular flexibility index (Phi) is 3.65. The molecule has 0 spiro atoms.